The summed E-state index contributed by atoms with van der Waals surface area (Å²) in [6.45, 7) is 3.75. The highest BCUT2D eigenvalue weighted by Gasteiger charge is 2.08. The molecular formula is C11H12N2O. The zero-order chi connectivity index (χ0) is 10.1. The van der Waals surface area contributed by atoms with E-state index in [0.717, 1.165) is 22.7 Å². The van der Waals surface area contributed by atoms with Gasteiger partial charge in [0.25, 0.3) is 0 Å². The van der Waals surface area contributed by atoms with Crippen LogP contribution in [0.4, 0.5) is 5.69 Å². The Balaban J connectivity index is 2.49. The molecule has 14 heavy (non-hydrogen) atoms. The Morgan fingerprint density at radius 1 is 1.14 bits per heavy atom. The van der Waals surface area contributed by atoms with Gasteiger partial charge in [-0.3, -0.25) is 0 Å². The molecule has 2 N–H and O–H groups in total. The number of aryl methyl sites for hydroxylation is 2. The third kappa shape index (κ3) is 1.48. The van der Waals surface area contributed by atoms with Crippen LogP contribution in [0.25, 0.3) is 11.3 Å². The van der Waals surface area contributed by atoms with Crippen molar-refractivity contribution in [3.8, 4) is 11.3 Å². The maximum absolute atomic E-state index is 5.60. The maximum Gasteiger partial charge on any atom is 0.191 e. The molecule has 0 saturated carbocycles. The number of anilines is 1. The lowest BCUT2D eigenvalue weighted by atomic mass is 10.1. The topological polar surface area (TPSA) is 52.0 Å². The van der Waals surface area contributed by atoms with Crippen LogP contribution >= 0.6 is 0 Å². The monoisotopic (exact) mass is 188 g/mol. The standard InChI is InChI=1S/C11H12N2O/c1-7-11(13-8(2)14-7)9-3-5-10(12)6-4-9/h3-6H,12H2,1-2H3. The smallest absolute Gasteiger partial charge is 0.191 e. The molecule has 0 saturated heterocycles. The fraction of sp³-hybridized carbons (Fsp3) is 0.182. The van der Waals surface area contributed by atoms with Crippen molar-refractivity contribution >= 4 is 5.69 Å². The number of aromatic nitrogens is 1. The molecule has 0 aliphatic rings. The number of hydrogen-bond acceptors (Lipinski definition) is 3. The number of nitrogens with zero attached hydrogens (tertiary/aromatic N) is 1. The molecule has 0 radical (unpaired) electrons. The third-order valence-electron chi connectivity index (χ3n) is 2.09. The second kappa shape index (κ2) is 3.18. The summed E-state index contributed by atoms with van der Waals surface area (Å²) in [5.41, 5.74) is 8.29. The zero-order valence-corrected chi connectivity index (χ0v) is 8.24. The predicted molar refractivity (Wildman–Crippen MR) is 55.8 cm³/mol. The van der Waals surface area contributed by atoms with E-state index in [-0.39, 0.29) is 0 Å². The van der Waals surface area contributed by atoms with Crippen molar-refractivity contribution in [1.29, 1.82) is 0 Å². The Bertz CT molecular complexity index is 443. The Labute approximate surface area is 82.6 Å². The van der Waals surface area contributed by atoms with Gasteiger partial charge < -0.3 is 10.2 Å². The van der Waals surface area contributed by atoms with Gasteiger partial charge in [-0.05, 0) is 19.1 Å². The third-order valence-corrected chi connectivity index (χ3v) is 2.09. The minimum atomic E-state index is 0.689. The van der Waals surface area contributed by atoms with Crippen LogP contribution in [0.15, 0.2) is 28.7 Å². The van der Waals surface area contributed by atoms with Crippen molar-refractivity contribution in [2.75, 3.05) is 5.73 Å². The van der Waals surface area contributed by atoms with Gasteiger partial charge in [-0.25, -0.2) is 4.98 Å². The van der Waals surface area contributed by atoms with Crippen LogP contribution in [0.3, 0.4) is 0 Å². The average Bonchev–Trinajstić information content (AvgIpc) is 2.47. The van der Waals surface area contributed by atoms with Gasteiger partial charge in [0.05, 0.1) is 0 Å². The lowest BCUT2D eigenvalue weighted by molar-refractivity contribution is 0.495. The summed E-state index contributed by atoms with van der Waals surface area (Å²) in [4.78, 5) is 4.30. The van der Waals surface area contributed by atoms with E-state index in [1.165, 1.54) is 0 Å². The quantitative estimate of drug-likeness (QED) is 0.699. The molecule has 3 nitrogen and oxygen atoms in total. The van der Waals surface area contributed by atoms with Gasteiger partial charge in [-0.1, -0.05) is 12.1 Å². The normalized spacial score (nSPS) is 10.4. The predicted octanol–water partition coefficient (Wildman–Crippen LogP) is 2.54. The molecule has 2 rings (SSSR count). The molecule has 0 fully saturated rings. The van der Waals surface area contributed by atoms with Crippen LogP contribution < -0.4 is 5.73 Å². The van der Waals surface area contributed by atoms with Gasteiger partial charge in [-0.2, -0.15) is 0 Å². The van der Waals surface area contributed by atoms with Crippen LogP contribution in [0.5, 0.6) is 0 Å². The van der Waals surface area contributed by atoms with E-state index in [9.17, 15) is 0 Å². The molecule has 0 bridgehead atoms. The Morgan fingerprint density at radius 3 is 2.29 bits per heavy atom. The van der Waals surface area contributed by atoms with E-state index in [1.807, 2.05) is 38.1 Å². The number of oxazole rings is 1. The molecule has 72 valence electrons. The highest BCUT2D eigenvalue weighted by atomic mass is 16.4. The largest absolute Gasteiger partial charge is 0.446 e. The van der Waals surface area contributed by atoms with Gasteiger partial charge in [0.15, 0.2) is 5.89 Å². The van der Waals surface area contributed by atoms with Gasteiger partial charge in [0, 0.05) is 18.2 Å². The van der Waals surface area contributed by atoms with Crippen LogP contribution in [0, 0.1) is 13.8 Å². The minimum absolute atomic E-state index is 0.689. The average molecular weight is 188 g/mol. The van der Waals surface area contributed by atoms with E-state index in [0.29, 0.717) is 5.89 Å². The van der Waals surface area contributed by atoms with Crippen molar-refractivity contribution in [2.45, 2.75) is 13.8 Å². The molecule has 1 heterocycles. The van der Waals surface area contributed by atoms with Gasteiger partial charge in [0.1, 0.15) is 11.5 Å². The highest BCUT2D eigenvalue weighted by Crippen LogP contribution is 2.23. The fourth-order valence-electron chi connectivity index (χ4n) is 1.44. The van der Waals surface area contributed by atoms with E-state index in [2.05, 4.69) is 4.98 Å². The minimum Gasteiger partial charge on any atom is -0.446 e. The summed E-state index contributed by atoms with van der Waals surface area (Å²) in [6, 6.07) is 7.61. The van der Waals surface area contributed by atoms with Crippen LogP contribution in [0.2, 0.25) is 0 Å². The number of hydrogen-bond donors (Lipinski definition) is 1. The van der Waals surface area contributed by atoms with E-state index in [4.69, 9.17) is 10.2 Å². The van der Waals surface area contributed by atoms with Gasteiger partial charge in [0.2, 0.25) is 0 Å². The summed E-state index contributed by atoms with van der Waals surface area (Å²) in [5.74, 6) is 1.53. The second-order valence-corrected chi connectivity index (χ2v) is 3.26. The Morgan fingerprint density at radius 2 is 1.79 bits per heavy atom. The molecule has 0 unspecified atom stereocenters. The maximum atomic E-state index is 5.60. The SMILES string of the molecule is Cc1nc(-c2ccc(N)cc2)c(C)o1. The molecule has 0 aliphatic carbocycles. The first-order chi connectivity index (χ1) is 6.66. The Kier molecular flexibility index (Phi) is 2.00. The second-order valence-electron chi connectivity index (χ2n) is 3.26. The molecule has 1 aromatic carbocycles. The number of rotatable bonds is 1. The summed E-state index contributed by atoms with van der Waals surface area (Å²) in [6.07, 6.45) is 0. The summed E-state index contributed by atoms with van der Waals surface area (Å²) < 4.78 is 5.36. The molecule has 0 amide bonds. The van der Waals surface area contributed by atoms with E-state index < -0.39 is 0 Å². The molecule has 3 heteroatoms. The number of benzene rings is 1. The van der Waals surface area contributed by atoms with Gasteiger partial charge >= 0.3 is 0 Å². The van der Waals surface area contributed by atoms with Crippen molar-refractivity contribution in [3.63, 3.8) is 0 Å². The lowest BCUT2D eigenvalue weighted by Gasteiger charge is -1.97. The van der Waals surface area contributed by atoms with Crippen molar-refractivity contribution < 1.29 is 4.42 Å². The molecule has 0 atom stereocenters. The van der Waals surface area contributed by atoms with Gasteiger partial charge in [-0.15, -0.1) is 0 Å². The molecule has 2 aromatic rings. The highest BCUT2D eigenvalue weighted by molar-refractivity contribution is 5.63. The summed E-state index contributed by atoms with van der Waals surface area (Å²) in [7, 11) is 0. The van der Waals surface area contributed by atoms with Crippen LogP contribution in [-0.2, 0) is 0 Å². The first-order valence-electron chi connectivity index (χ1n) is 4.47. The summed E-state index contributed by atoms with van der Waals surface area (Å²) >= 11 is 0. The fourth-order valence-corrected chi connectivity index (χ4v) is 1.44. The van der Waals surface area contributed by atoms with Crippen LogP contribution in [-0.4, -0.2) is 4.98 Å². The van der Waals surface area contributed by atoms with Crippen molar-refractivity contribution in [1.82, 2.24) is 4.98 Å². The molecule has 1 aromatic heterocycles. The first-order valence-corrected chi connectivity index (χ1v) is 4.47. The Hall–Kier alpha value is -1.77. The number of nitrogens with two attached hydrogens (primary N) is 1. The molecular weight excluding hydrogens is 176 g/mol. The lowest BCUT2D eigenvalue weighted by Crippen LogP contribution is -1.85. The van der Waals surface area contributed by atoms with E-state index in [1.54, 1.807) is 0 Å². The van der Waals surface area contributed by atoms with Crippen molar-refractivity contribution in [3.05, 3.63) is 35.9 Å². The van der Waals surface area contributed by atoms with Crippen LogP contribution in [0.1, 0.15) is 11.7 Å². The summed E-state index contributed by atoms with van der Waals surface area (Å²) in [5, 5.41) is 0. The molecule has 0 aliphatic heterocycles. The van der Waals surface area contributed by atoms with E-state index >= 15 is 0 Å². The first kappa shape index (κ1) is 8.81. The molecule has 0 spiro atoms. The van der Waals surface area contributed by atoms with Crippen molar-refractivity contribution in [2.24, 2.45) is 0 Å². The zero-order valence-electron chi connectivity index (χ0n) is 8.24. The number of nitrogen functional groups attached to an aromatic ring is 1.